The number of benzene rings is 4. The van der Waals surface area contributed by atoms with Crippen LogP contribution in [0.25, 0.3) is 32.3 Å². The molecule has 8 rings (SSSR count). The van der Waals surface area contributed by atoms with Gasteiger partial charge in [0.25, 0.3) is 0 Å². The zero-order valence-corrected chi connectivity index (χ0v) is 32.9. The topological polar surface area (TPSA) is 69.2 Å². The molecule has 0 aliphatic rings. The second kappa shape index (κ2) is 18.9. The molecule has 0 aliphatic carbocycles. The van der Waals surface area contributed by atoms with E-state index in [4.69, 9.17) is 0 Å². The fourth-order valence-electron chi connectivity index (χ4n) is 8.45. The Labute approximate surface area is 331 Å². The van der Waals surface area contributed by atoms with E-state index < -0.39 is 0 Å². The molecule has 0 N–H and O–H groups in total. The van der Waals surface area contributed by atoms with Gasteiger partial charge in [0, 0.05) is 9.58 Å². The summed E-state index contributed by atoms with van der Waals surface area (Å²) < 4.78 is 3.87. The van der Waals surface area contributed by atoms with E-state index in [1.165, 1.54) is 133 Å². The van der Waals surface area contributed by atoms with E-state index in [1.54, 1.807) is 9.58 Å². The Morgan fingerprint density at radius 3 is 1.14 bits per heavy atom. The van der Waals surface area contributed by atoms with Crippen molar-refractivity contribution in [2.45, 2.75) is 116 Å². The smallest absolute Gasteiger partial charge is 0.131 e. The molecule has 286 valence electrons. The Hall–Kier alpha value is -5.50. The first-order valence-electron chi connectivity index (χ1n) is 21.2. The largest absolute Gasteiger partial charge is 0.179 e. The van der Waals surface area contributed by atoms with Crippen molar-refractivity contribution >= 4 is 32.3 Å². The van der Waals surface area contributed by atoms with Crippen LogP contribution < -0.4 is 9.35 Å². The Balaban J connectivity index is 0.746. The van der Waals surface area contributed by atoms with Gasteiger partial charge >= 0.3 is 0 Å². The van der Waals surface area contributed by atoms with Crippen LogP contribution in [-0.2, 0) is 25.7 Å². The molecule has 4 aromatic heterocycles. The molecule has 0 spiro atoms. The molecular formula is C48H56N8+2. The van der Waals surface area contributed by atoms with E-state index in [0.717, 1.165) is 37.1 Å². The summed E-state index contributed by atoms with van der Waals surface area (Å²) in [7, 11) is 0. The number of hydrogen-bond donors (Lipinski definition) is 0. The molecule has 8 heteroatoms. The average molecular weight is 745 g/mol. The quantitative estimate of drug-likeness (QED) is 0.0394. The Kier molecular flexibility index (Phi) is 12.6. The van der Waals surface area contributed by atoms with Crippen molar-refractivity contribution in [1.29, 1.82) is 0 Å². The minimum absolute atomic E-state index is 0.994. The zero-order valence-electron chi connectivity index (χ0n) is 32.9. The van der Waals surface area contributed by atoms with Crippen LogP contribution in [0.2, 0.25) is 0 Å². The van der Waals surface area contributed by atoms with Gasteiger partial charge in [-0.2, -0.15) is 0 Å². The molecule has 0 unspecified atom stereocenters. The van der Waals surface area contributed by atoms with Gasteiger partial charge in [0.05, 0.1) is 0 Å². The normalized spacial score (nSPS) is 11.8. The fourth-order valence-corrected chi connectivity index (χ4v) is 8.45. The van der Waals surface area contributed by atoms with Crippen LogP contribution >= 0.6 is 0 Å². The standard InChI is InChI=1S/C48H56N8/c1(5-9-15-23-43-37-55(51-49-43)53-33-17-11-18-34-53)3-7-13-21-39-25-27-41-30-32-46-40(26-28-42-29-31-45(39)47(41)48(42)46)22-14-8-4-2-6-10-16-24-44-38-56(52-50-44)54-35-19-12-20-36-54/h11-12,17-20,25-38H,1-10,13-16,21-24H2/q+2. The molecule has 0 bridgehead atoms. The minimum Gasteiger partial charge on any atom is -0.131 e. The second-order valence-corrected chi connectivity index (χ2v) is 15.6. The Morgan fingerprint density at radius 2 is 0.732 bits per heavy atom. The molecule has 0 saturated heterocycles. The number of rotatable bonds is 22. The molecule has 4 heterocycles. The summed E-state index contributed by atoms with van der Waals surface area (Å²) in [6, 6.07) is 31.0. The number of nitrogens with zero attached hydrogens (tertiary/aromatic N) is 8. The lowest BCUT2D eigenvalue weighted by Crippen LogP contribution is -2.41. The van der Waals surface area contributed by atoms with Gasteiger partial charge in [-0.15, -0.1) is 9.35 Å². The van der Waals surface area contributed by atoms with Gasteiger partial charge in [-0.3, -0.25) is 0 Å². The number of hydrogen-bond acceptors (Lipinski definition) is 4. The van der Waals surface area contributed by atoms with Crippen LogP contribution in [0.15, 0.2) is 122 Å². The third kappa shape index (κ3) is 9.30. The second-order valence-electron chi connectivity index (χ2n) is 15.6. The maximum Gasteiger partial charge on any atom is 0.179 e. The molecule has 0 saturated carbocycles. The number of unbranched alkanes of at least 4 members (excludes halogenated alkanes) is 12. The van der Waals surface area contributed by atoms with Crippen LogP contribution in [0.5, 0.6) is 0 Å². The fraction of sp³-hybridized carbons (Fsp3) is 0.375. The summed E-state index contributed by atoms with van der Waals surface area (Å²) in [5.74, 6) is 0. The van der Waals surface area contributed by atoms with Crippen LogP contribution in [0.4, 0.5) is 0 Å². The van der Waals surface area contributed by atoms with E-state index in [0.29, 0.717) is 0 Å². The molecule has 0 fully saturated rings. The SMILES string of the molecule is c1cc[n+](-n2cc(CCCCCCCCCc3ccc4ccc5c(CCCCCCCCCc6cn(-[n+]7ccccc7)nn6)ccc6ccc3c4c65)nn2)cc1. The van der Waals surface area contributed by atoms with Crippen molar-refractivity contribution < 1.29 is 9.35 Å². The lowest BCUT2D eigenvalue weighted by Gasteiger charge is -2.16. The summed E-state index contributed by atoms with van der Waals surface area (Å²) >= 11 is 0. The summed E-state index contributed by atoms with van der Waals surface area (Å²) in [5.41, 5.74) is 5.16. The Morgan fingerprint density at radius 1 is 0.375 bits per heavy atom. The van der Waals surface area contributed by atoms with Gasteiger partial charge in [-0.05, 0) is 129 Å². The van der Waals surface area contributed by atoms with Crippen molar-refractivity contribution in [3.05, 3.63) is 145 Å². The Bertz CT molecular complexity index is 2230. The molecule has 0 atom stereocenters. The first kappa shape index (κ1) is 37.4. The highest BCUT2D eigenvalue weighted by atomic mass is 15.6. The van der Waals surface area contributed by atoms with Crippen molar-refractivity contribution in [3.63, 3.8) is 0 Å². The average Bonchev–Trinajstić information content (AvgIpc) is 3.93. The van der Waals surface area contributed by atoms with Gasteiger partial charge in [0.1, 0.15) is 48.6 Å². The first-order valence-corrected chi connectivity index (χ1v) is 21.2. The van der Waals surface area contributed by atoms with E-state index in [1.807, 2.05) is 82.9 Å². The van der Waals surface area contributed by atoms with Gasteiger partial charge in [0.2, 0.25) is 0 Å². The predicted octanol–water partition coefficient (Wildman–Crippen LogP) is 10.00. The third-order valence-corrected chi connectivity index (χ3v) is 11.5. The molecular weight excluding hydrogens is 689 g/mol. The van der Waals surface area contributed by atoms with Gasteiger partial charge < -0.3 is 0 Å². The molecule has 4 aromatic carbocycles. The summed E-state index contributed by atoms with van der Waals surface area (Å²) in [6.45, 7) is 0. The monoisotopic (exact) mass is 744 g/mol. The van der Waals surface area contributed by atoms with Gasteiger partial charge in [-0.1, -0.05) is 125 Å². The molecule has 0 radical (unpaired) electrons. The van der Waals surface area contributed by atoms with E-state index in [2.05, 4.69) is 69.2 Å². The summed E-state index contributed by atoms with van der Waals surface area (Å²) in [6.07, 6.45) is 34.1. The number of aryl methyl sites for hydroxylation is 4. The van der Waals surface area contributed by atoms with Gasteiger partial charge in [0.15, 0.2) is 10.4 Å². The van der Waals surface area contributed by atoms with Crippen molar-refractivity contribution in [2.24, 2.45) is 0 Å². The summed E-state index contributed by atoms with van der Waals surface area (Å²) in [5, 5.41) is 25.9. The molecule has 8 aromatic rings. The lowest BCUT2D eigenvalue weighted by atomic mass is 9.88. The highest BCUT2D eigenvalue weighted by molar-refractivity contribution is 6.24. The highest BCUT2D eigenvalue weighted by Gasteiger charge is 2.14. The van der Waals surface area contributed by atoms with Crippen molar-refractivity contribution in [1.82, 2.24) is 30.2 Å². The maximum absolute atomic E-state index is 4.36. The van der Waals surface area contributed by atoms with Crippen LogP contribution in [0, 0.1) is 0 Å². The predicted molar refractivity (Wildman–Crippen MR) is 225 cm³/mol. The number of pyridine rings is 2. The van der Waals surface area contributed by atoms with Crippen molar-refractivity contribution in [3.8, 4) is 0 Å². The zero-order chi connectivity index (χ0) is 37.8. The molecule has 0 amide bonds. The summed E-state index contributed by atoms with van der Waals surface area (Å²) in [4.78, 5) is 3.59. The van der Waals surface area contributed by atoms with Crippen LogP contribution in [-0.4, -0.2) is 30.2 Å². The van der Waals surface area contributed by atoms with Crippen molar-refractivity contribution in [2.75, 3.05) is 0 Å². The van der Waals surface area contributed by atoms with Crippen LogP contribution in [0.3, 0.4) is 0 Å². The van der Waals surface area contributed by atoms with Crippen LogP contribution in [0.1, 0.15) is 112 Å². The molecule has 0 aliphatic heterocycles. The lowest BCUT2D eigenvalue weighted by molar-refractivity contribution is -0.736. The maximum atomic E-state index is 4.36. The minimum atomic E-state index is 0.994. The van der Waals surface area contributed by atoms with Gasteiger partial charge in [-0.25, -0.2) is 0 Å². The first-order chi connectivity index (χ1) is 27.8. The highest BCUT2D eigenvalue weighted by Crippen LogP contribution is 2.38. The molecule has 56 heavy (non-hydrogen) atoms. The molecule has 8 nitrogen and oxygen atoms in total. The van der Waals surface area contributed by atoms with E-state index >= 15 is 0 Å². The van der Waals surface area contributed by atoms with E-state index in [9.17, 15) is 0 Å². The van der Waals surface area contributed by atoms with E-state index in [-0.39, 0.29) is 0 Å². The number of aromatic nitrogens is 8. The third-order valence-electron chi connectivity index (χ3n) is 11.5.